The van der Waals surface area contributed by atoms with E-state index < -0.39 is 11.9 Å². The van der Waals surface area contributed by atoms with E-state index >= 15 is 0 Å². The number of para-hydroxylation sites is 2. The molecule has 0 atom stereocenters. The molecule has 1 N–H and O–H groups in total. The Bertz CT molecular complexity index is 753. The van der Waals surface area contributed by atoms with Gasteiger partial charge in [0.2, 0.25) is 0 Å². The Morgan fingerprint density at radius 2 is 1.54 bits per heavy atom. The normalized spacial score (nSPS) is 12.7. The van der Waals surface area contributed by atoms with Gasteiger partial charge in [-0.15, -0.1) is 0 Å². The van der Waals surface area contributed by atoms with Crippen molar-refractivity contribution in [2.75, 3.05) is 6.61 Å². The Balaban J connectivity index is 1.76. The van der Waals surface area contributed by atoms with Crippen molar-refractivity contribution in [2.45, 2.75) is 38.6 Å². The lowest BCUT2D eigenvalue weighted by molar-refractivity contribution is -0.149. The van der Waals surface area contributed by atoms with Crippen LogP contribution in [0.3, 0.4) is 0 Å². The molecule has 0 fully saturated rings. The molecule has 0 unspecified atom stereocenters. The Kier molecular flexibility index (Phi) is 5.56. The molecule has 1 aliphatic rings. The zero-order valence-corrected chi connectivity index (χ0v) is 15.0. The molecule has 0 saturated heterocycles. The van der Waals surface area contributed by atoms with Gasteiger partial charge < -0.3 is 14.8 Å². The predicted molar refractivity (Wildman–Crippen MR) is 98.3 cm³/mol. The van der Waals surface area contributed by atoms with Gasteiger partial charge in [-0.3, -0.25) is 9.59 Å². The lowest BCUT2D eigenvalue weighted by Gasteiger charge is -2.26. The van der Waals surface area contributed by atoms with Gasteiger partial charge in [-0.1, -0.05) is 50.2 Å². The van der Waals surface area contributed by atoms with E-state index in [1.807, 2.05) is 62.4 Å². The number of nitrogens with one attached hydrogen (secondary N) is 1. The van der Waals surface area contributed by atoms with Gasteiger partial charge in [-0.25, -0.2) is 0 Å². The van der Waals surface area contributed by atoms with Gasteiger partial charge in [-0.05, 0) is 25.0 Å². The number of esters is 1. The lowest BCUT2D eigenvalue weighted by Crippen LogP contribution is -2.37. The van der Waals surface area contributed by atoms with E-state index in [-0.39, 0.29) is 18.6 Å². The van der Waals surface area contributed by atoms with Crippen LogP contribution in [0.5, 0.6) is 11.5 Å². The first-order valence-corrected chi connectivity index (χ1v) is 8.95. The number of benzene rings is 2. The molecule has 0 radical (unpaired) electrons. The highest BCUT2D eigenvalue weighted by Gasteiger charge is 2.33. The van der Waals surface area contributed by atoms with E-state index in [1.165, 1.54) is 0 Å². The summed E-state index contributed by atoms with van der Waals surface area (Å²) < 4.78 is 11.2. The average molecular weight is 353 g/mol. The van der Waals surface area contributed by atoms with Gasteiger partial charge in [0.25, 0.3) is 5.91 Å². The van der Waals surface area contributed by atoms with Crippen molar-refractivity contribution in [1.82, 2.24) is 5.32 Å². The summed E-state index contributed by atoms with van der Waals surface area (Å²) in [6.07, 6.45) is 1.69. The molecular weight excluding hydrogens is 330 g/mol. The second-order valence-corrected chi connectivity index (χ2v) is 6.30. The monoisotopic (exact) mass is 353 g/mol. The van der Waals surface area contributed by atoms with E-state index in [1.54, 1.807) is 0 Å². The molecule has 0 saturated carbocycles. The molecule has 3 rings (SSSR count). The number of amides is 1. The van der Waals surface area contributed by atoms with Crippen LogP contribution in [0.15, 0.2) is 48.5 Å². The van der Waals surface area contributed by atoms with Crippen molar-refractivity contribution in [3.8, 4) is 11.5 Å². The second-order valence-electron chi connectivity index (χ2n) is 6.30. The van der Waals surface area contributed by atoms with Crippen LogP contribution in [0.4, 0.5) is 0 Å². The molecule has 0 bridgehead atoms. The number of ether oxygens (including phenoxy) is 2. The standard InChI is InChI=1S/C21H23NO4/c1-3-14(4-2)22-19(23)13-25-21(24)20-15-9-5-7-11-17(15)26-18-12-8-6-10-16(18)20/h5-12,14,20H,3-4,13H2,1-2H3,(H,22,23). The average Bonchev–Trinajstić information content (AvgIpc) is 2.68. The molecule has 1 heterocycles. The number of rotatable bonds is 6. The number of carbonyl (C=O) groups is 2. The molecule has 5 nitrogen and oxygen atoms in total. The van der Waals surface area contributed by atoms with Crippen molar-refractivity contribution < 1.29 is 19.1 Å². The highest BCUT2D eigenvalue weighted by Crippen LogP contribution is 2.44. The van der Waals surface area contributed by atoms with E-state index in [2.05, 4.69) is 5.32 Å². The largest absolute Gasteiger partial charge is 0.457 e. The SMILES string of the molecule is CCC(CC)NC(=O)COC(=O)C1c2ccccc2Oc2ccccc21. The molecule has 0 spiro atoms. The summed E-state index contributed by atoms with van der Waals surface area (Å²) in [6, 6.07) is 14.9. The highest BCUT2D eigenvalue weighted by molar-refractivity contribution is 5.87. The van der Waals surface area contributed by atoms with Gasteiger partial charge in [-0.2, -0.15) is 0 Å². The van der Waals surface area contributed by atoms with Gasteiger partial charge in [0, 0.05) is 17.2 Å². The van der Waals surface area contributed by atoms with Crippen molar-refractivity contribution in [3.05, 3.63) is 59.7 Å². The van der Waals surface area contributed by atoms with Crippen molar-refractivity contribution in [2.24, 2.45) is 0 Å². The smallest absolute Gasteiger partial charge is 0.318 e. The van der Waals surface area contributed by atoms with Gasteiger partial charge in [0.15, 0.2) is 6.61 Å². The molecule has 0 aliphatic carbocycles. The maximum absolute atomic E-state index is 12.8. The minimum Gasteiger partial charge on any atom is -0.457 e. The van der Waals surface area contributed by atoms with Crippen LogP contribution in [0.25, 0.3) is 0 Å². The first-order chi connectivity index (χ1) is 12.6. The molecule has 2 aromatic carbocycles. The Hall–Kier alpha value is -2.82. The highest BCUT2D eigenvalue weighted by atomic mass is 16.5. The summed E-state index contributed by atoms with van der Waals surface area (Å²) >= 11 is 0. The third-order valence-corrected chi connectivity index (χ3v) is 4.61. The zero-order chi connectivity index (χ0) is 18.5. The predicted octanol–water partition coefficient (Wildman–Crippen LogP) is 3.77. The molecule has 5 heteroatoms. The molecule has 136 valence electrons. The molecular formula is C21H23NO4. The minimum atomic E-state index is -0.600. The van der Waals surface area contributed by atoms with Gasteiger partial charge in [0.1, 0.15) is 17.4 Å². The fourth-order valence-electron chi connectivity index (χ4n) is 3.15. The molecule has 1 amide bonds. The van der Waals surface area contributed by atoms with Gasteiger partial charge >= 0.3 is 5.97 Å². The van der Waals surface area contributed by atoms with E-state index in [0.717, 1.165) is 24.0 Å². The van der Waals surface area contributed by atoms with Crippen LogP contribution in [-0.4, -0.2) is 24.5 Å². The summed E-state index contributed by atoms with van der Waals surface area (Å²) in [5.74, 6) is -0.0602. The second kappa shape index (κ2) is 8.04. The first-order valence-electron chi connectivity index (χ1n) is 8.95. The maximum Gasteiger partial charge on any atom is 0.318 e. The Morgan fingerprint density at radius 1 is 1.00 bits per heavy atom. The zero-order valence-electron chi connectivity index (χ0n) is 15.0. The fraction of sp³-hybridized carbons (Fsp3) is 0.333. The molecule has 0 aromatic heterocycles. The van der Waals surface area contributed by atoms with E-state index in [0.29, 0.717) is 11.5 Å². The minimum absolute atomic E-state index is 0.103. The summed E-state index contributed by atoms with van der Waals surface area (Å²) in [6.45, 7) is 3.74. The number of hydrogen-bond donors (Lipinski definition) is 1. The summed E-state index contributed by atoms with van der Waals surface area (Å²) in [5.41, 5.74) is 1.49. The Labute approximate surface area is 153 Å². The number of hydrogen-bond acceptors (Lipinski definition) is 4. The lowest BCUT2D eigenvalue weighted by atomic mass is 9.88. The quantitative estimate of drug-likeness (QED) is 0.803. The number of fused-ring (bicyclic) bond motifs is 2. The number of carbonyl (C=O) groups excluding carboxylic acids is 2. The third-order valence-electron chi connectivity index (χ3n) is 4.61. The van der Waals surface area contributed by atoms with Crippen molar-refractivity contribution in [1.29, 1.82) is 0 Å². The Morgan fingerprint density at radius 3 is 2.08 bits per heavy atom. The first kappa shape index (κ1) is 18.0. The van der Waals surface area contributed by atoms with Crippen LogP contribution in [0, 0.1) is 0 Å². The third kappa shape index (κ3) is 3.72. The molecule has 26 heavy (non-hydrogen) atoms. The van der Waals surface area contributed by atoms with Crippen LogP contribution in [0.1, 0.15) is 43.7 Å². The van der Waals surface area contributed by atoms with Crippen LogP contribution in [0.2, 0.25) is 0 Å². The van der Waals surface area contributed by atoms with E-state index in [9.17, 15) is 9.59 Å². The summed E-state index contributed by atoms with van der Waals surface area (Å²) in [4.78, 5) is 24.8. The summed E-state index contributed by atoms with van der Waals surface area (Å²) in [7, 11) is 0. The van der Waals surface area contributed by atoms with Crippen LogP contribution >= 0.6 is 0 Å². The van der Waals surface area contributed by atoms with Crippen molar-refractivity contribution in [3.63, 3.8) is 0 Å². The van der Waals surface area contributed by atoms with Gasteiger partial charge in [0.05, 0.1) is 0 Å². The van der Waals surface area contributed by atoms with Crippen molar-refractivity contribution >= 4 is 11.9 Å². The van der Waals surface area contributed by atoms with Crippen LogP contribution < -0.4 is 10.1 Å². The fourth-order valence-corrected chi connectivity index (χ4v) is 3.15. The summed E-state index contributed by atoms with van der Waals surface area (Å²) in [5, 5.41) is 2.87. The molecule has 1 aliphatic heterocycles. The van der Waals surface area contributed by atoms with Crippen LogP contribution in [-0.2, 0) is 14.3 Å². The molecule has 2 aromatic rings. The topological polar surface area (TPSA) is 64.6 Å². The van der Waals surface area contributed by atoms with E-state index in [4.69, 9.17) is 9.47 Å². The maximum atomic E-state index is 12.8.